The highest BCUT2D eigenvalue weighted by molar-refractivity contribution is 6.43. The molecule has 0 aliphatic carbocycles. The first-order valence-electron chi connectivity index (χ1n) is 11.1. The zero-order valence-corrected chi connectivity index (χ0v) is 19.5. The Bertz CT molecular complexity index is 1340. The number of anilines is 1. The molecule has 1 aliphatic rings. The first-order valence-corrected chi connectivity index (χ1v) is 11.5. The number of nitrogens with zero attached hydrogens (tertiary/aromatic N) is 3. The molecule has 1 aliphatic heterocycles. The molecule has 2 aromatic heterocycles. The number of halogens is 1. The summed E-state index contributed by atoms with van der Waals surface area (Å²) in [5.74, 6) is -0.179. The Balaban J connectivity index is 1.38. The number of aromatic nitrogens is 1. The number of Topliss-reactive ketones (excluding diaryl/α,β-unsaturated/α-hetero) is 1. The lowest BCUT2D eigenvalue weighted by atomic mass is 10.0. The molecule has 0 bridgehead atoms. The second kappa shape index (κ2) is 9.23. The first kappa shape index (κ1) is 22.0. The van der Waals surface area contributed by atoms with Crippen molar-refractivity contribution in [2.45, 2.75) is 0 Å². The van der Waals surface area contributed by atoms with Gasteiger partial charge in [-0.3, -0.25) is 9.59 Å². The highest BCUT2D eigenvalue weighted by Gasteiger charge is 2.30. The van der Waals surface area contributed by atoms with E-state index in [0.717, 1.165) is 28.1 Å². The maximum Gasteiger partial charge on any atom is 0.296 e. The van der Waals surface area contributed by atoms with Crippen molar-refractivity contribution in [3.05, 3.63) is 89.7 Å². The van der Waals surface area contributed by atoms with E-state index in [0.29, 0.717) is 36.9 Å². The van der Waals surface area contributed by atoms with Gasteiger partial charge in [-0.15, -0.1) is 0 Å². The molecule has 0 radical (unpaired) electrons. The van der Waals surface area contributed by atoms with Gasteiger partial charge < -0.3 is 18.9 Å². The van der Waals surface area contributed by atoms with Gasteiger partial charge in [0, 0.05) is 54.2 Å². The average molecular weight is 474 g/mol. The molecule has 1 amide bonds. The number of hydrogen-bond acceptors (Lipinski definition) is 4. The van der Waals surface area contributed by atoms with E-state index in [4.69, 9.17) is 16.3 Å². The van der Waals surface area contributed by atoms with Crippen LogP contribution in [-0.2, 0) is 4.79 Å². The van der Waals surface area contributed by atoms with Gasteiger partial charge in [-0.1, -0.05) is 29.8 Å². The number of carbonyl (C=O) groups is 2. The molecule has 2 aromatic carbocycles. The van der Waals surface area contributed by atoms with Gasteiger partial charge in [0.05, 0.1) is 7.11 Å². The topological polar surface area (TPSA) is 54.3 Å². The van der Waals surface area contributed by atoms with Crippen molar-refractivity contribution in [1.29, 1.82) is 0 Å². The number of ether oxygens (including phenoxy) is 1. The number of amides is 1. The van der Waals surface area contributed by atoms with Crippen LogP contribution in [-0.4, -0.2) is 54.3 Å². The molecule has 7 heteroatoms. The molecule has 34 heavy (non-hydrogen) atoms. The van der Waals surface area contributed by atoms with Gasteiger partial charge in [-0.2, -0.15) is 0 Å². The normalized spacial score (nSPS) is 13.8. The van der Waals surface area contributed by atoms with Gasteiger partial charge in [0.15, 0.2) is 0 Å². The lowest BCUT2D eigenvalue weighted by molar-refractivity contribution is -0.126. The highest BCUT2D eigenvalue weighted by atomic mass is 35.5. The number of pyridine rings is 1. The first-order chi connectivity index (χ1) is 16.5. The predicted octanol–water partition coefficient (Wildman–Crippen LogP) is 4.80. The van der Waals surface area contributed by atoms with Crippen molar-refractivity contribution >= 4 is 34.5 Å². The maximum atomic E-state index is 13.5. The van der Waals surface area contributed by atoms with Crippen LogP contribution in [0.3, 0.4) is 0 Å². The Morgan fingerprint density at radius 1 is 0.882 bits per heavy atom. The summed E-state index contributed by atoms with van der Waals surface area (Å²) in [6, 6.07) is 22.8. The third-order valence-electron chi connectivity index (χ3n) is 6.25. The summed E-state index contributed by atoms with van der Waals surface area (Å²) in [6.07, 6.45) is 1.82. The Morgan fingerprint density at radius 3 is 2.26 bits per heavy atom. The summed E-state index contributed by atoms with van der Waals surface area (Å²) in [5.41, 5.74) is 3.86. The van der Waals surface area contributed by atoms with Gasteiger partial charge in [0.1, 0.15) is 11.4 Å². The fourth-order valence-corrected chi connectivity index (χ4v) is 4.54. The van der Waals surface area contributed by atoms with Crippen molar-refractivity contribution in [1.82, 2.24) is 9.30 Å². The molecular weight excluding hydrogens is 450 g/mol. The van der Waals surface area contributed by atoms with E-state index in [1.54, 1.807) is 28.5 Å². The molecular formula is C27H24ClN3O3. The Kier molecular flexibility index (Phi) is 5.99. The van der Waals surface area contributed by atoms with Crippen molar-refractivity contribution in [2.75, 3.05) is 38.2 Å². The number of carbonyl (C=O) groups excluding carboxylic acids is 2. The Hall–Kier alpha value is -3.77. The summed E-state index contributed by atoms with van der Waals surface area (Å²) in [5, 5.41) is 0.617. The largest absolute Gasteiger partial charge is 0.497 e. The van der Waals surface area contributed by atoms with Crippen molar-refractivity contribution in [3.63, 3.8) is 0 Å². The Labute approximate surface area is 202 Å². The predicted molar refractivity (Wildman–Crippen MR) is 134 cm³/mol. The Morgan fingerprint density at radius 2 is 1.59 bits per heavy atom. The molecule has 5 rings (SSSR count). The zero-order chi connectivity index (χ0) is 23.7. The van der Waals surface area contributed by atoms with E-state index in [1.165, 1.54) is 0 Å². The summed E-state index contributed by atoms with van der Waals surface area (Å²) < 4.78 is 7.02. The lowest BCUT2D eigenvalue weighted by Gasteiger charge is -2.35. The third kappa shape index (κ3) is 4.13. The molecule has 0 atom stereocenters. The minimum absolute atomic E-state index is 0.375. The van der Waals surface area contributed by atoms with Crippen LogP contribution in [0, 0.1) is 0 Å². The number of hydrogen-bond donors (Lipinski definition) is 0. The number of ketones is 1. The molecule has 6 nitrogen and oxygen atoms in total. The van der Waals surface area contributed by atoms with Crippen molar-refractivity contribution < 1.29 is 14.3 Å². The summed E-state index contributed by atoms with van der Waals surface area (Å²) in [7, 11) is 1.64. The number of rotatable bonds is 5. The van der Waals surface area contributed by atoms with Crippen LogP contribution in [0.4, 0.5) is 5.69 Å². The fraction of sp³-hybridized carbons (Fsp3) is 0.185. The molecule has 172 valence electrons. The SMILES string of the molecule is COc1ccc(N2CCN(C(=O)C(=O)c3c(-c4ccc(Cl)cc4)cc4ccccn34)CC2)cc1. The summed E-state index contributed by atoms with van der Waals surface area (Å²) in [4.78, 5) is 30.7. The fourth-order valence-electron chi connectivity index (χ4n) is 4.41. The molecule has 4 aromatic rings. The van der Waals surface area contributed by atoms with E-state index in [-0.39, 0.29) is 0 Å². The smallest absolute Gasteiger partial charge is 0.296 e. The van der Waals surface area contributed by atoms with Crippen LogP contribution in [0.2, 0.25) is 5.02 Å². The monoisotopic (exact) mass is 473 g/mol. The second-order valence-corrected chi connectivity index (χ2v) is 8.65. The quantitative estimate of drug-likeness (QED) is 0.308. The third-order valence-corrected chi connectivity index (χ3v) is 6.50. The summed E-state index contributed by atoms with van der Waals surface area (Å²) in [6.45, 7) is 2.28. The number of piperazine rings is 1. The molecule has 0 spiro atoms. The maximum absolute atomic E-state index is 13.5. The van der Waals surface area contributed by atoms with Crippen LogP contribution in [0.1, 0.15) is 10.5 Å². The van der Waals surface area contributed by atoms with E-state index in [1.807, 2.05) is 66.9 Å². The van der Waals surface area contributed by atoms with Crippen LogP contribution in [0.25, 0.3) is 16.6 Å². The van der Waals surface area contributed by atoms with Crippen LogP contribution in [0.5, 0.6) is 5.75 Å². The van der Waals surface area contributed by atoms with Crippen LogP contribution < -0.4 is 9.64 Å². The van der Waals surface area contributed by atoms with E-state index >= 15 is 0 Å². The van der Waals surface area contributed by atoms with E-state index in [2.05, 4.69) is 4.90 Å². The number of benzene rings is 2. The van der Waals surface area contributed by atoms with Gasteiger partial charge in [-0.05, 0) is 60.2 Å². The zero-order valence-electron chi connectivity index (χ0n) is 18.8. The second-order valence-electron chi connectivity index (χ2n) is 8.22. The molecule has 1 fully saturated rings. The minimum atomic E-state index is -0.506. The average Bonchev–Trinajstić information content (AvgIpc) is 3.28. The molecule has 0 saturated carbocycles. The van der Waals surface area contributed by atoms with Crippen molar-refractivity contribution in [3.8, 4) is 16.9 Å². The van der Waals surface area contributed by atoms with Crippen LogP contribution >= 0.6 is 11.6 Å². The van der Waals surface area contributed by atoms with Crippen LogP contribution in [0.15, 0.2) is 79.0 Å². The number of fused-ring (bicyclic) bond motifs is 1. The standard InChI is InChI=1S/C27H24ClN3O3/c1-34-23-11-9-21(10-12-23)29-14-16-30(17-15-29)27(33)26(32)25-24(19-5-7-20(28)8-6-19)18-22-4-2-3-13-31(22)25/h2-13,18H,14-17H2,1H3. The highest BCUT2D eigenvalue weighted by Crippen LogP contribution is 2.30. The van der Waals surface area contributed by atoms with E-state index < -0.39 is 11.7 Å². The van der Waals surface area contributed by atoms with Crippen molar-refractivity contribution in [2.24, 2.45) is 0 Å². The summed E-state index contributed by atoms with van der Waals surface area (Å²) >= 11 is 6.06. The minimum Gasteiger partial charge on any atom is -0.497 e. The molecule has 3 heterocycles. The van der Waals surface area contributed by atoms with Gasteiger partial charge in [-0.25, -0.2) is 0 Å². The molecule has 0 N–H and O–H groups in total. The van der Waals surface area contributed by atoms with Gasteiger partial charge in [0.25, 0.3) is 11.7 Å². The lowest BCUT2D eigenvalue weighted by Crippen LogP contribution is -2.50. The van der Waals surface area contributed by atoms with Gasteiger partial charge in [0.2, 0.25) is 0 Å². The van der Waals surface area contributed by atoms with E-state index in [9.17, 15) is 9.59 Å². The van der Waals surface area contributed by atoms with Gasteiger partial charge >= 0.3 is 0 Å². The number of methoxy groups -OCH3 is 1. The molecule has 1 saturated heterocycles. The molecule has 0 unspecified atom stereocenters.